The van der Waals surface area contributed by atoms with Gasteiger partial charge in [-0.15, -0.1) is 11.3 Å². The highest BCUT2D eigenvalue weighted by molar-refractivity contribution is 7.12. The molecule has 0 spiro atoms. The molecule has 1 aromatic heterocycles. The third-order valence-corrected chi connectivity index (χ3v) is 4.85. The van der Waals surface area contributed by atoms with Crippen molar-refractivity contribution in [2.45, 2.75) is 6.42 Å². The van der Waals surface area contributed by atoms with Crippen molar-refractivity contribution in [3.63, 3.8) is 0 Å². The Hall–Kier alpha value is -2.34. The van der Waals surface area contributed by atoms with Crippen molar-refractivity contribution in [3.05, 3.63) is 52.2 Å². The van der Waals surface area contributed by atoms with E-state index in [0.717, 1.165) is 19.5 Å². The van der Waals surface area contributed by atoms with Gasteiger partial charge in [-0.3, -0.25) is 4.79 Å². The fourth-order valence-corrected chi connectivity index (χ4v) is 3.47. The summed E-state index contributed by atoms with van der Waals surface area (Å²) in [7, 11) is 0. The number of amides is 1. The minimum Gasteiger partial charge on any atom is -0.461 e. The lowest BCUT2D eigenvalue weighted by Gasteiger charge is -2.18. The number of carbonyl (C=O) groups excluding carboxylic acids is 2. The quantitative estimate of drug-likeness (QED) is 0.855. The summed E-state index contributed by atoms with van der Waals surface area (Å²) >= 11 is 1.18. The van der Waals surface area contributed by atoms with E-state index in [4.69, 9.17) is 10.5 Å². The molecule has 1 saturated heterocycles. The zero-order valence-corrected chi connectivity index (χ0v) is 13.4. The van der Waals surface area contributed by atoms with Crippen molar-refractivity contribution in [3.8, 4) is 0 Å². The summed E-state index contributed by atoms with van der Waals surface area (Å²) in [6.45, 7) is 2.25. The van der Waals surface area contributed by atoms with Gasteiger partial charge in [-0.25, -0.2) is 4.79 Å². The van der Waals surface area contributed by atoms with E-state index >= 15 is 0 Å². The minimum atomic E-state index is -0.533. The van der Waals surface area contributed by atoms with Gasteiger partial charge in [0.2, 0.25) is 5.91 Å². The molecule has 1 fully saturated rings. The van der Waals surface area contributed by atoms with E-state index < -0.39 is 5.91 Å². The predicted octanol–water partition coefficient (Wildman–Crippen LogP) is 2.53. The number of hydrogen-bond donors (Lipinski definition) is 1. The summed E-state index contributed by atoms with van der Waals surface area (Å²) in [6.07, 6.45) is 0.999. The first-order chi connectivity index (χ1) is 11.1. The summed E-state index contributed by atoms with van der Waals surface area (Å²) in [5.41, 5.74) is 6.73. The van der Waals surface area contributed by atoms with Crippen LogP contribution >= 0.6 is 11.3 Å². The molecule has 120 valence electrons. The fourth-order valence-electron chi connectivity index (χ4n) is 2.68. The third-order valence-electron chi connectivity index (χ3n) is 3.94. The van der Waals surface area contributed by atoms with E-state index in [-0.39, 0.29) is 5.97 Å². The number of nitrogens with two attached hydrogens (primary N) is 1. The summed E-state index contributed by atoms with van der Waals surface area (Å²) < 4.78 is 5.38. The number of rotatable bonds is 5. The Morgan fingerprint density at radius 1 is 1.30 bits per heavy atom. The number of carbonyl (C=O) groups is 2. The Kier molecular flexibility index (Phi) is 4.62. The lowest BCUT2D eigenvalue weighted by atomic mass is 10.1. The average Bonchev–Trinajstić information content (AvgIpc) is 3.23. The highest BCUT2D eigenvalue weighted by Gasteiger charge is 2.24. The van der Waals surface area contributed by atoms with Gasteiger partial charge in [0, 0.05) is 30.1 Å². The Morgan fingerprint density at radius 3 is 2.78 bits per heavy atom. The maximum Gasteiger partial charge on any atom is 0.348 e. The van der Waals surface area contributed by atoms with Gasteiger partial charge in [0.25, 0.3) is 0 Å². The normalized spacial score (nSPS) is 17.2. The first-order valence-corrected chi connectivity index (χ1v) is 8.37. The van der Waals surface area contributed by atoms with Gasteiger partial charge in [0.1, 0.15) is 4.88 Å². The fraction of sp³-hybridized carbons (Fsp3) is 0.294. The van der Waals surface area contributed by atoms with Crippen LogP contribution in [-0.4, -0.2) is 31.6 Å². The molecular weight excluding hydrogens is 312 g/mol. The standard InChI is InChI=1S/C17H18N2O3S/c18-16(20)13-8-15(23-11-13)17(21)22-10-12-6-7-19(9-12)14-4-2-1-3-5-14/h1-5,8,11-12H,6-7,9-10H2,(H2,18,20). The van der Waals surface area contributed by atoms with Crippen molar-refractivity contribution in [1.29, 1.82) is 0 Å². The molecule has 0 radical (unpaired) electrons. The first kappa shape index (κ1) is 15.6. The summed E-state index contributed by atoms with van der Waals surface area (Å²) in [5, 5.41) is 1.58. The summed E-state index contributed by atoms with van der Waals surface area (Å²) in [4.78, 5) is 25.8. The maximum atomic E-state index is 12.0. The van der Waals surface area contributed by atoms with Crippen LogP contribution in [0.5, 0.6) is 0 Å². The molecule has 23 heavy (non-hydrogen) atoms. The molecular formula is C17H18N2O3S. The third kappa shape index (κ3) is 3.71. The molecule has 6 heteroatoms. The van der Waals surface area contributed by atoms with Crippen LogP contribution in [0.2, 0.25) is 0 Å². The van der Waals surface area contributed by atoms with Gasteiger partial charge < -0.3 is 15.4 Å². The van der Waals surface area contributed by atoms with Crippen LogP contribution in [0.15, 0.2) is 41.8 Å². The second-order valence-corrected chi connectivity index (χ2v) is 6.51. The van der Waals surface area contributed by atoms with Crippen LogP contribution in [0.4, 0.5) is 5.69 Å². The number of primary amides is 1. The van der Waals surface area contributed by atoms with Crippen LogP contribution in [-0.2, 0) is 4.74 Å². The van der Waals surface area contributed by atoms with Crippen molar-refractivity contribution < 1.29 is 14.3 Å². The average molecular weight is 330 g/mol. The van der Waals surface area contributed by atoms with Gasteiger partial charge in [-0.05, 0) is 24.6 Å². The number of benzene rings is 1. The Labute approximate surface area is 138 Å². The molecule has 1 amide bonds. The van der Waals surface area contributed by atoms with E-state index in [9.17, 15) is 9.59 Å². The molecule has 0 saturated carbocycles. The molecule has 0 aliphatic carbocycles. The molecule has 2 heterocycles. The number of thiophene rings is 1. The largest absolute Gasteiger partial charge is 0.461 e. The highest BCUT2D eigenvalue weighted by atomic mass is 32.1. The molecule has 2 aromatic rings. The number of anilines is 1. The van der Waals surface area contributed by atoms with E-state index in [0.29, 0.717) is 23.0 Å². The van der Waals surface area contributed by atoms with Crippen LogP contribution in [0.1, 0.15) is 26.5 Å². The smallest absolute Gasteiger partial charge is 0.348 e. The zero-order valence-electron chi connectivity index (χ0n) is 12.6. The van der Waals surface area contributed by atoms with Gasteiger partial charge in [-0.1, -0.05) is 18.2 Å². The Balaban J connectivity index is 1.51. The van der Waals surface area contributed by atoms with E-state index in [1.807, 2.05) is 18.2 Å². The monoisotopic (exact) mass is 330 g/mol. The van der Waals surface area contributed by atoms with Gasteiger partial charge >= 0.3 is 5.97 Å². The minimum absolute atomic E-state index is 0.328. The molecule has 0 bridgehead atoms. The number of esters is 1. The molecule has 2 N–H and O–H groups in total. The van der Waals surface area contributed by atoms with Crippen molar-refractivity contribution >= 4 is 28.9 Å². The number of ether oxygens (including phenoxy) is 1. The predicted molar refractivity (Wildman–Crippen MR) is 89.9 cm³/mol. The Bertz CT molecular complexity index is 699. The highest BCUT2D eigenvalue weighted by Crippen LogP contribution is 2.24. The van der Waals surface area contributed by atoms with Crippen molar-refractivity contribution in [2.75, 3.05) is 24.6 Å². The summed E-state index contributed by atoms with van der Waals surface area (Å²) in [6, 6.07) is 11.7. The first-order valence-electron chi connectivity index (χ1n) is 7.49. The molecule has 3 rings (SSSR count). The molecule has 1 aromatic carbocycles. The topological polar surface area (TPSA) is 72.6 Å². The number of nitrogens with zero attached hydrogens (tertiary/aromatic N) is 1. The van der Waals surface area contributed by atoms with E-state index in [1.165, 1.54) is 23.1 Å². The van der Waals surface area contributed by atoms with Gasteiger partial charge in [0.15, 0.2) is 0 Å². The molecule has 5 nitrogen and oxygen atoms in total. The molecule has 1 aliphatic rings. The molecule has 1 aliphatic heterocycles. The molecule has 1 unspecified atom stereocenters. The van der Waals surface area contributed by atoms with Crippen LogP contribution in [0.3, 0.4) is 0 Å². The van der Waals surface area contributed by atoms with E-state index in [2.05, 4.69) is 17.0 Å². The SMILES string of the molecule is NC(=O)c1csc(C(=O)OCC2CCN(c3ccccc3)C2)c1. The Morgan fingerprint density at radius 2 is 2.09 bits per heavy atom. The van der Waals surface area contributed by atoms with Gasteiger partial charge in [-0.2, -0.15) is 0 Å². The van der Waals surface area contributed by atoms with E-state index in [1.54, 1.807) is 5.38 Å². The lowest BCUT2D eigenvalue weighted by molar-refractivity contribution is 0.0457. The summed E-state index contributed by atoms with van der Waals surface area (Å²) in [5.74, 6) is -0.593. The zero-order chi connectivity index (χ0) is 16.2. The maximum absolute atomic E-state index is 12.0. The molecule has 1 atom stereocenters. The van der Waals surface area contributed by atoms with Gasteiger partial charge in [0.05, 0.1) is 12.2 Å². The van der Waals surface area contributed by atoms with Crippen LogP contribution in [0, 0.1) is 5.92 Å². The second kappa shape index (κ2) is 6.83. The van der Waals surface area contributed by atoms with Crippen LogP contribution in [0.25, 0.3) is 0 Å². The number of para-hydroxylation sites is 1. The van der Waals surface area contributed by atoms with Crippen LogP contribution < -0.4 is 10.6 Å². The van der Waals surface area contributed by atoms with Crippen molar-refractivity contribution in [2.24, 2.45) is 11.7 Å². The lowest BCUT2D eigenvalue weighted by Crippen LogP contribution is -2.21. The number of hydrogen-bond acceptors (Lipinski definition) is 5. The second-order valence-electron chi connectivity index (χ2n) is 5.60. The van der Waals surface area contributed by atoms with Crippen molar-refractivity contribution in [1.82, 2.24) is 0 Å².